The van der Waals surface area contributed by atoms with Crippen LogP contribution in [0.1, 0.15) is 24.1 Å². The third kappa shape index (κ3) is 5.60. The van der Waals surface area contributed by atoms with E-state index in [4.69, 9.17) is 9.47 Å². The van der Waals surface area contributed by atoms with Gasteiger partial charge in [-0.1, -0.05) is 43.0 Å². The molecule has 0 spiro atoms. The predicted molar refractivity (Wildman–Crippen MR) is 118 cm³/mol. The smallest absolute Gasteiger partial charge is 0.262 e. The van der Waals surface area contributed by atoms with Crippen LogP contribution in [0.5, 0.6) is 11.5 Å². The lowest BCUT2D eigenvalue weighted by Gasteiger charge is -2.14. The molecular formula is C22H21IN2O3. The first-order valence-corrected chi connectivity index (χ1v) is 9.66. The predicted octanol–water partition coefficient (Wildman–Crippen LogP) is 4.65. The van der Waals surface area contributed by atoms with Crippen molar-refractivity contribution in [3.8, 4) is 17.6 Å². The van der Waals surface area contributed by atoms with Crippen molar-refractivity contribution in [3.05, 3.63) is 75.4 Å². The van der Waals surface area contributed by atoms with E-state index in [1.807, 2.05) is 49.4 Å². The highest BCUT2D eigenvalue weighted by atomic mass is 127. The number of hydrogen-bond acceptors (Lipinski definition) is 4. The molecule has 1 atom stereocenters. The Hall–Kier alpha value is -2.79. The van der Waals surface area contributed by atoms with Gasteiger partial charge in [-0.05, 0) is 58.9 Å². The molecule has 0 radical (unpaired) electrons. The fourth-order valence-electron chi connectivity index (χ4n) is 2.52. The number of nitrogens with zero attached hydrogens (tertiary/aromatic N) is 1. The third-order valence-electron chi connectivity index (χ3n) is 3.92. The SMILES string of the molecule is C=CCOc1c(I)cc(/C=C(\C#N)C(=O)N[C@@H](C)c2ccccc2)cc1OC. The number of nitriles is 1. The Morgan fingerprint density at radius 2 is 2.07 bits per heavy atom. The van der Waals surface area contributed by atoms with Crippen LogP contribution in [-0.2, 0) is 4.79 Å². The number of methoxy groups -OCH3 is 1. The lowest BCUT2D eigenvalue weighted by molar-refractivity contribution is -0.117. The Balaban J connectivity index is 2.26. The number of halogens is 1. The van der Waals surface area contributed by atoms with Gasteiger partial charge >= 0.3 is 0 Å². The van der Waals surface area contributed by atoms with Gasteiger partial charge in [-0.25, -0.2) is 0 Å². The molecule has 0 aliphatic heterocycles. The molecule has 0 saturated carbocycles. The van der Waals surface area contributed by atoms with Gasteiger partial charge in [0.15, 0.2) is 11.5 Å². The van der Waals surface area contributed by atoms with E-state index >= 15 is 0 Å². The third-order valence-corrected chi connectivity index (χ3v) is 4.72. The molecule has 0 heterocycles. The van der Waals surface area contributed by atoms with E-state index < -0.39 is 5.91 Å². The highest BCUT2D eigenvalue weighted by Gasteiger charge is 2.15. The van der Waals surface area contributed by atoms with Crippen molar-refractivity contribution < 1.29 is 14.3 Å². The van der Waals surface area contributed by atoms with Crippen molar-refractivity contribution in [2.75, 3.05) is 13.7 Å². The number of hydrogen-bond donors (Lipinski definition) is 1. The van der Waals surface area contributed by atoms with Gasteiger partial charge in [-0.3, -0.25) is 4.79 Å². The van der Waals surface area contributed by atoms with Gasteiger partial charge in [0.2, 0.25) is 0 Å². The zero-order valence-corrected chi connectivity index (χ0v) is 17.9. The summed E-state index contributed by atoms with van der Waals surface area (Å²) in [5.74, 6) is 0.691. The van der Waals surface area contributed by atoms with E-state index in [0.717, 1.165) is 9.13 Å². The fourth-order valence-corrected chi connectivity index (χ4v) is 3.30. The van der Waals surface area contributed by atoms with Crippen LogP contribution in [0, 0.1) is 14.9 Å². The molecule has 0 saturated heterocycles. The maximum Gasteiger partial charge on any atom is 0.262 e. The van der Waals surface area contributed by atoms with Gasteiger partial charge in [0.1, 0.15) is 18.2 Å². The number of rotatable bonds is 8. The van der Waals surface area contributed by atoms with Gasteiger partial charge in [-0.15, -0.1) is 0 Å². The Kier molecular flexibility index (Phi) is 8.08. The first-order chi connectivity index (χ1) is 13.5. The Morgan fingerprint density at radius 3 is 2.68 bits per heavy atom. The van der Waals surface area contributed by atoms with Gasteiger partial charge in [0, 0.05) is 0 Å². The quantitative estimate of drug-likeness (QED) is 0.254. The van der Waals surface area contributed by atoms with Crippen molar-refractivity contribution >= 4 is 34.6 Å². The molecule has 0 aliphatic carbocycles. The van der Waals surface area contributed by atoms with Crippen LogP contribution in [0.25, 0.3) is 6.08 Å². The molecule has 1 N–H and O–H groups in total. The molecule has 144 valence electrons. The molecule has 0 unspecified atom stereocenters. The average Bonchev–Trinajstić information content (AvgIpc) is 2.71. The Bertz CT molecular complexity index is 917. The summed E-state index contributed by atoms with van der Waals surface area (Å²) in [7, 11) is 1.54. The highest BCUT2D eigenvalue weighted by Crippen LogP contribution is 2.34. The summed E-state index contributed by atoms with van der Waals surface area (Å²) in [6.07, 6.45) is 3.18. The molecule has 2 rings (SSSR count). The summed E-state index contributed by atoms with van der Waals surface area (Å²) < 4.78 is 11.8. The summed E-state index contributed by atoms with van der Waals surface area (Å²) >= 11 is 2.13. The van der Waals surface area contributed by atoms with Crippen LogP contribution in [0.15, 0.2) is 60.7 Å². The Labute approximate surface area is 178 Å². The van der Waals surface area contributed by atoms with E-state index in [0.29, 0.717) is 23.7 Å². The number of benzene rings is 2. The first-order valence-electron chi connectivity index (χ1n) is 8.59. The van der Waals surface area contributed by atoms with Gasteiger partial charge < -0.3 is 14.8 Å². The highest BCUT2D eigenvalue weighted by molar-refractivity contribution is 14.1. The van der Waals surface area contributed by atoms with Crippen molar-refractivity contribution in [3.63, 3.8) is 0 Å². The van der Waals surface area contributed by atoms with Crippen molar-refractivity contribution in [1.82, 2.24) is 5.32 Å². The lowest BCUT2D eigenvalue weighted by Crippen LogP contribution is -2.27. The summed E-state index contributed by atoms with van der Waals surface area (Å²) in [4.78, 5) is 12.5. The molecule has 28 heavy (non-hydrogen) atoms. The monoisotopic (exact) mass is 488 g/mol. The van der Waals surface area contributed by atoms with Crippen LogP contribution in [0.2, 0.25) is 0 Å². The van der Waals surface area contributed by atoms with Crippen molar-refractivity contribution in [2.24, 2.45) is 0 Å². The van der Waals surface area contributed by atoms with Crippen LogP contribution < -0.4 is 14.8 Å². The molecule has 0 fully saturated rings. The number of carbonyl (C=O) groups is 1. The summed E-state index contributed by atoms with van der Waals surface area (Å²) in [6, 6.07) is 14.9. The second kappa shape index (κ2) is 10.5. The largest absolute Gasteiger partial charge is 0.493 e. The molecule has 0 aromatic heterocycles. The van der Waals surface area contributed by atoms with Crippen LogP contribution in [0.3, 0.4) is 0 Å². The second-order valence-electron chi connectivity index (χ2n) is 5.91. The van der Waals surface area contributed by atoms with E-state index in [-0.39, 0.29) is 11.6 Å². The number of nitrogens with one attached hydrogen (secondary N) is 1. The molecule has 0 aliphatic rings. The molecule has 2 aromatic carbocycles. The molecule has 5 nitrogen and oxygen atoms in total. The minimum atomic E-state index is -0.431. The standard InChI is InChI=1S/C22H21IN2O3/c1-4-10-28-21-19(23)12-16(13-20(21)27-3)11-18(14-24)22(26)25-15(2)17-8-6-5-7-9-17/h4-9,11-13,15H,1,10H2,2-3H3,(H,25,26)/b18-11+/t15-/m0/s1. The average molecular weight is 488 g/mol. The number of carbonyl (C=O) groups excluding carboxylic acids is 1. The van der Waals surface area contributed by atoms with Crippen LogP contribution >= 0.6 is 22.6 Å². The zero-order chi connectivity index (χ0) is 20.5. The number of amides is 1. The molecule has 6 heteroatoms. The molecular weight excluding hydrogens is 467 g/mol. The maximum atomic E-state index is 12.5. The lowest BCUT2D eigenvalue weighted by atomic mass is 10.1. The van der Waals surface area contributed by atoms with Gasteiger partial charge in [0.25, 0.3) is 5.91 Å². The van der Waals surface area contributed by atoms with Crippen molar-refractivity contribution in [1.29, 1.82) is 5.26 Å². The normalized spacial score (nSPS) is 11.9. The Morgan fingerprint density at radius 1 is 1.36 bits per heavy atom. The first kappa shape index (κ1) is 21.5. The molecule has 1 amide bonds. The van der Waals surface area contributed by atoms with Crippen molar-refractivity contribution in [2.45, 2.75) is 13.0 Å². The van der Waals surface area contributed by atoms with E-state index in [1.54, 1.807) is 19.3 Å². The minimum Gasteiger partial charge on any atom is -0.493 e. The maximum absolute atomic E-state index is 12.5. The van der Waals surface area contributed by atoms with Crippen LogP contribution in [0.4, 0.5) is 0 Å². The van der Waals surface area contributed by atoms with E-state index in [1.165, 1.54) is 6.08 Å². The van der Waals surface area contributed by atoms with E-state index in [9.17, 15) is 10.1 Å². The number of ether oxygens (including phenoxy) is 2. The van der Waals surface area contributed by atoms with E-state index in [2.05, 4.69) is 34.5 Å². The molecule has 0 bridgehead atoms. The van der Waals surface area contributed by atoms with Crippen LogP contribution in [-0.4, -0.2) is 19.6 Å². The minimum absolute atomic E-state index is 0.0143. The summed E-state index contributed by atoms with van der Waals surface area (Å²) in [5, 5.41) is 12.3. The van der Waals surface area contributed by atoms with Gasteiger partial charge in [-0.2, -0.15) is 5.26 Å². The summed E-state index contributed by atoms with van der Waals surface area (Å²) in [5.41, 5.74) is 1.65. The van der Waals surface area contributed by atoms with Gasteiger partial charge in [0.05, 0.1) is 16.7 Å². The zero-order valence-electron chi connectivity index (χ0n) is 15.7. The summed E-state index contributed by atoms with van der Waals surface area (Å²) in [6.45, 7) is 5.86. The second-order valence-corrected chi connectivity index (χ2v) is 7.07. The fraction of sp³-hybridized carbons (Fsp3) is 0.182. The molecule has 2 aromatic rings. The topological polar surface area (TPSA) is 71.3 Å².